The number of nitrogens with two attached hydrogens (primary N) is 1. The van der Waals surface area contributed by atoms with E-state index in [1.807, 2.05) is 66.9 Å². The summed E-state index contributed by atoms with van der Waals surface area (Å²) in [6.45, 7) is 0. The van der Waals surface area contributed by atoms with Crippen LogP contribution in [0, 0.1) is 0 Å². The largest absolute Gasteiger partial charge is 0.344 e. The Morgan fingerprint density at radius 2 is 1.77 bits per heavy atom. The molecule has 0 aliphatic rings. The summed E-state index contributed by atoms with van der Waals surface area (Å²) in [4.78, 5) is 27.9. The number of rotatable bonds is 7. The molecule has 0 aliphatic heterocycles. The zero-order valence-electron chi connectivity index (χ0n) is 14.3. The van der Waals surface area contributed by atoms with Crippen molar-refractivity contribution in [2.45, 2.75) is 24.9 Å². The smallest absolute Gasteiger partial charge is 0.237 e. The average molecular weight is 346 g/mol. The van der Waals surface area contributed by atoms with Crippen molar-refractivity contribution < 1.29 is 9.59 Å². The van der Waals surface area contributed by atoms with Crippen LogP contribution in [0.25, 0.3) is 10.9 Å². The van der Waals surface area contributed by atoms with Gasteiger partial charge < -0.3 is 11.1 Å². The zero-order valence-corrected chi connectivity index (χ0v) is 14.3. The Balaban J connectivity index is 1.61. The summed E-state index contributed by atoms with van der Waals surface area (Å²) < 4.78 is 0. The maximum absolute atomic E-state index is 12.3. The van der Waals surface area contributed by atoms with Crippen LogP contribution in [0.15, 0.2) is 66.9 Å². The lowest BCUT2D eigenvalue weighted by Gasteiger charge is -2.16. The van der Waals surface area contributed by atoms with Gasteiger partial charge in [0, 0.05) is 18.0 Å². The molecule has 5 nitrogen and oxygen atoms in total. The van der Waals surface area contributed by atoms with E-state index in [1.165, 1.54) is 0 Å². The first-order chi connectivity index (χ1) is 12.7. The number of nitrogens with zero attached hydrogens (tertiary/aromatic N) is 1. The Morgan fingerprint density at radius 1 is 1.04 bits per heavy atom. The van der Waals surface area contributed by atoms with Gasteiger partial charge in [0.1, 0.15) is 0 Å². The fraction of sp³-hybridized carbons (Fsp3) is 0.190. The van der Waals surface area contributed by atoms with Crippen LogP contribution in [0.3, 0.4) is 0 Å². The lowest BCUT2D eigenvalue weighted by atomic mass is 10.0. The van der Waals surface area contributed by atoms with Gasteiger partial charge in [0.05, 0.1) is 17.6 Å². The van der Waals surface area contributed by atoms with E-state index in [-0.39, 0.29) is 5.91 Å². The second-order valence-electron chi connectivity index (χ2n) is 6.22. The third-order valence-corrected chi connectivity index (χ3v) is 4.18. The molecule has 1 heterocycles. The van der Waals surface area contributed by atoms with E-state index >= 15 is 0 Å². The van der Waals surface area contributed by atoms with Crippen LogP contribution < -0.4 is 11.1 Å². The van der Waals surface area contributed by atoms with Gasteiger partial charge in [0.2, 0.25) is 12.2 Å². The van der Waals surface area contributed by atoms with Crippen LogP contribution in [-0.4, -0.2) is 29.3 Å². The first kappa shape index (κ1) is 17.8. The molecule has 2 aromatic carbocycles. The summed E-state index contributed by atoms with van der Waals surface area (Å²) >= 11 is 0. The molecular formula is C21H20N3O2. The van der Waals surface area contributed by atoms with Crippen LogP contribution in [-0.2, 0) is 22.4 Å². The van der Waals surface area contributed by atoms with E-state index in [0.717, 1.165) is 22.0 Å². The highest BCUT2D eigenvalue weighted by Crippen LogP contribution is 2.13. The van der Waals surface area contributed by atoms with Crippen molar-refractivity contribution in [1.82, 2.24) is 10.3 Å². The van der Waals surface area contributed by atoms with E-state index in [1.54, 1.807) is 6.20 Å². The van der Waals surface area contributed by atoms with Crippen LogP contribution >= 0.6 is 0 Å². The molecule has 5 heteroatoms. The fourth-order valence-corrected chi connectivity index (χ4v) is 2.83. The molecule has 0 aliphatic carbocycles. The quantitative estimate of drug-likeness (QED) is 0.685. The first-order valence-corrected chi connectivity index (χ1v) is 8.47. The Bertz CT molecular complexity index is 896. The molecule has 131 valence electrons. The summed E-state index contributed by atoms with van der Waals surface area (Å²) in [5.74, 6) is -0.373. The van der Waals surface area contributed by atoms with E-state index in [0.29, 0.717) is 12.8 Å². The highest BCUT2D eigenvalue weighted by Gasteiger charge is 2.19. The van der Waals surface area contributed by atoms with Crippen molar-refractivity contribution >= 4 is 23.1 Å². The van der Waals surface area contributed by atoms with Crippen molar-refractivity contribution in [1.29, 1.82) is 0 Å². The Kier molecular flexibility index (Phi) is 5.71. The second kappa shape index (κ2) is 8.36. The molecule has 2 atom stereocenters. The van der Waals surface area contributed by atoms with E-state index in [4.69, 9.17) is 5.73 Å². The van der Waals surface area contributed by atoms with E-state index < -0.39 is 12.1 Å². The lowest BCUT2D eigenvalue weighted by molar-refractivity contribution is -0.122. The summed E-state index contributed by atoms with van der Waals surface area (Å²) in [7, 11) is 0. The van der Waals surface area contributed by atoms with Crippen molar-refractivity contribution in [2.75, 3.05) is 0 Å². The topological polar surface area (TPSA) is 85.1 Å². The molecule has 3 rings (SSSR count). The van der Waals surface area contributed by atoms with Gasteiger partial charge in [-0.25, -0.2) is 0 Å². The first-order valence-electron chi connectivity index (χ1n) is 8.47. The number of carbonyl (C=O) groups is 1. The van der Waals surface area contributed by atoms with Crippen molar-refractivity contribution in [2.24, 2.45) is 5.73 Å². The molecule has 1 aromatic heterocycles. The Morgan fingerprint density at radius 3 is 2.54 bits per heavy atom. The number of hydrogen-bond donors (Lipinski definition) is 2. The maximum atomic E-state index is 12.3. The standard InChI is InChI=1S/C21H20N3O2/c22-19(12-16-10-17-8-4-5-9-20(17)23-13-16)21(26)24-18(14-25)11-15-6-2-1-3-7-15/h1-10,13,18-19H,11-12,22H2,(H,24,26)/t18-,19-/m0/s1. The van der Waals surface area contributed by atoms with Crippen molar-refractivity contribution in [3.8, 4) is 0 Å². The second-order valence-corrected chi connectivity index (χ2v) is 6.22. The van der Waals surface area contributed by atoms with Crippen LogP contribution in [0.4, 0.5) is 0 Å². The number of aromatic nitrogens is 1. The third kappa shape index (κ3) is 4.52. The van der Waals surface area contributed by atoms with Gasteiger partial charge in [0.25, 0.3) is 0 Å². The molecule has 0 spiro atoms. The third-order valence-electron chi connectivity index (χ3n) is 4.18. The normalized spacial score (nSPS) is 13.1. The highest BCUT2D eigenvalue weighted by atomic mass is 16.2. The van der Waals surface area contributed by atoms with Gasteiger partial charge in [-0.2, -0.15) is 0 Å². The molecule has 0 unspecified atom stereocenters. The number of pyridine rings is 1. The molecule has 0 fully saturated rings. The molecule has 3 N–H and O–H groups in total. The van der Waals surface area contributed by atoms with Crippen molar-refractivity contribution in [3.05, 3.63) is 78.0 Å². The molecule has 0 saturated carbocycles. The lowest BCUT2D eigenvalue weighted by Crippen LogP contribution is -2.47. The van der Waals surface area contributed by atoms with Gasteiger partial charge in [-0.3, -0.25) is 14.6 Å². The Hall–Kier alpha value is -3.05. The minimum absolute atomic E-state index is 0.348. The fourth-order valence-electron chi connectivity index (χ4n) is 2.83. The van der Waals surface area contributed by atoms with Gasteiger partial charge in [-0.15, -0.1) is 0 Å². The van der Waals surface area contributed by atoms with Crippen LogP contribution in [0.5, 0.6) is 0 Å². The average Bonchev–Trinajstić information content (AvgIpc) is 2.68. The maximum Gasteiger partial charge on any atom is 0.237 e. The number of para-hydroxylation sites is 1. The molecule has 1 amide bonds. The summed E-state index contributed by atoms with van der Waals surface area (Å²) in [5.41, 5.74) is 8.74. The van der Waals surface area contributed by atoms with E-state index in [2.05, 4.69) is 10.3 Å². The number of carbonyl (C=O) groups excluding carboxylic acids is 2. The predicted molar refractivity (Wildman–Crippen MR) is 101 cm³/mol. The van der Waals surface area contributed by atoms with E-state index in [9.17, 15) is 9.59 Å². The number of benzene rings is 2. The minimum atomic E-state index is -0.760. The summed E-state index contributed by atoms with van der Waals surface area (Å²) in [5, 5.41) is 3.67. The highest BCUT2D eigenvalue weighted by molar-refractivity contribution is 5.85. The SMILES string of the molecule is N[C@@H](Cc1cnc2ccccc2c1)C(=O)N[C@H]([C]=O)Cc1ccccc1. The number of hydrogen-bond acceptors (Lipinski definition) is 4. The monoisotopic (exact) mass is 346 g/mol. The minimum Gasteiger partial charge on any atom is -0.344 e. The molecular weight excluding hydrogens is 326 g/mol. The molecule has 1 radical (unpaired) electrons. The van der Waals surface area contributed by atoms with Crippen molar-refractivity contribution in [3.63, 3.8) is 0 Å². The summed E-state index contributed by atoms with van der Waals surface area (Å²) in [6.07, 6.45) is 4.34. The predicted octanol–water partition coefficient (Wildman–Crippen LogP) is 1.94. The number of amides is 1. The van der Waals surface area contributed by atoms with Crippen LogP contribution in [0.1, 0.15) is 11.1 Å². The number of nitrogens with one attached hydrogen (secondary N) is 1. The van der Waals surface area contributed by atoms with Gasteiger partial charge >= 0.3 is 0 Å². The van der Waals surface area contributed by atoms with Crippen LogP contribution in [0.2, 0.25) is 0 Å². The Labute approximate surface area is 152 Å². The molecule has 0 bridgehead atoms. The number of fused-ring (bicyclic) bond motifs is 1. The van der Waals surface area contributed by atoms with Gasteiger partial charge in [0.15, 0.2) is 0 Å². The summed E-state index contributed by atoms with van der Waals surface area (Å²) in [6, 6.07) is 17.7. The molecule has 3 aromatic rings. The molecule has 0 saturated heterocycles. The van der Waals surface area contributed by atoms with Gasteiger partial charge in [-0.05, 0) is 29.7 Å². The van der Waals surface area contributed by atoms with Gasteiger partial charge in [-0.1, -0.05) is 48.5 Å². The zero-order chi connectivity index (χ0) is 18.4. The molecule has 26 heavy (non-hydrogen) atoms.